The Morgan fingerprint density at radius 2 is 1.73 bits per heavy atom. The molecule has 1 aliphatic heterocycles. The van der Waals surface area contributed by atoms with Crippen LogP contribution < -0.4 is 4.74 Å². The predicted octanol–water partition coefficient (Wildman–Crippen LogP) is 7.44. The van der Waals surface area contributed by atoms with Crippen molar-refractivity contribution >= 4 is 15.9 Å². The van der Waals surface area contributed by atoms with Crippen LogP contribution in [0, 0.1) is 12.7 Å². The smallest absolute Gasteiger partial charge is 0.416 e. The van der Waals surface area contributed by atoms with Gasteiger partial charge in [0.2, 0.25) is 0 Å². The average Bonchev–Trinajstić information content (AvgIpc) is 3.15. The first-order valence-corrected chi connectivity index (χ1v) is 14.8. The molecule has 0 aromatic heterocycles. The van der Waals surface area contributed by atoms with Gasteiger partial charge in [0.25, 0.3) is 0 Å². The molecule has 1 fully saturated rings. The lowest BCUT2D eigenvalue weighted by atomic mass is 9.93. The van der Waals surface area contributed by atoms with Gasteiger partial charge < -0.3 is 9.47 Å². The van der Waals surface area contributed by atoms with Crippen LogP contribution in [0.2, 0.25) is 0 Å². The summed E-state index contributed by atoms with van der Waals surface area (Å²) >= 11 is 0. The summed E-state index contributed by atoms with van der Waals surface area (Å²) in [6.07, 6.45) is -5.27. The summed E-state index contributed by atoms with van der Waals surface area (Å²) in [7, 11) is -2.25. The van der Waals surface area contributed by atoms with Crippen LogP contribution in [0.5, 0.6) is 5.75 Å². The number of ether oxygens (including phenoxy) is 2. The number of carbonyl (C=O) groups is 1. The SMILES string of the molecule is COc1cc(F)c(C(C)C)cc1-c1ccc(S(C)(=O)=O)cc1CN1C(=O)OC(c2cc(C)cc(C(F)(F)F)c2)[C@@H]1C. The molecule has 3 aromatic carbocycles. The first kappa shape index (κ1) is 30.4. The zero-order chi connectivity index (χ0) is 30.4. The summed E-state index contributed by atoms with van der Waals surface area (Å²) in [6.45, 7) is 6.73. The molecule has 1 saturated heterocycles. The molecule has 11 heteroatoms. The second-order valence-corrected chi connectivity index (χ2v) is 12.6. The van der Waals surface area contributed by atoms with Crippen molar-refractivity contribution in [2.24, 2.45) is 0 Å². The standard InChI is InChI=1S/C30H31F4NO5S/c1-16(2)24-13-25(27(39-5)14-26(24)31)23-8-7-22(41(6,37)38)12-20(23)15-35-18(4)28(40-29(35)36)19-9-17(3)10-21(11-19)30(32,33)34/h7-14,16,18,28H,15H2,1-6H3/t18-,28?/m0/s1. The molecule has 0 aliphatic carbocycles. The molecule has 1 aliphatic rings. The predicted molar refractivity (Wildman–Crippen MR) is 146 cm³/mol. The molecular weight excluding hydrogens is 562 g/mol. The molecule has 0 saturated carbocycles. The average molecular weight is 594 g/mol. The van der Waals surface area contributed by atoms with Gasteiger partial charge in [-0.05, 0) is 72.4 Å². The fraction of sp³-hybridized carbons (Fsp3) is 0.367. The second kappa shape index (κ2) is 11.0. The van der Waals surface area contributed by atoms with Crippen molar-refractivity contribution in [3.8, 4) is 16.9 Å². The van der Waals surface area contributed by atoms with E-state index in [0.717, 1.165) is 18.4 Å². The number of sulfone groups is 1. The second-order valence-electron chi connectivity index (χ2n) is 10.6. The quantitative estimate of drug-likeness (QED) is 0.266. The minimum atomic E-state index is -4.57. The third-order valence-electron chi connectivity index (χ3n) is 7.22. The maximum absolute atomic E-state index is 14.8. The Balaban J connectivity index is 1.80. The molecule has 0 N–H and O–H groups in total. The first-order valence-electron chi connectivity index (χ1n) is 12.9. The van der Waals surface area contributed by atoms with Gasteiger partial charge in [0.05, 0.1) is 30.2 Å². The number of alkyl halides is 3. The van der Waals surface area contributed by atoms with E-state index in [1.54, 1.807) is 25.1 Å². The van der Waals surface area contributed by atoms with Gasteiger partial charge in [0.1, 0.15) is 17.7 Å². The minimum absolute atomic E-state index is 0.00619. The number of hydrogen-bond donors (Lipinski definition) is 0. The maximum atomic E-state index is 14.8. The van der Waals surface area contributed by atoms with Gasteiger partial charge in [-0.1, -0.05) is 31.5 Å². The van der Waals surface area contributed by atoms with E-state index in [1.165, 1.54) is 37.1 Å². The van der Waals surface area contributed by atoms with E-state index < -0.39 is 45.6 Å². The number of carbonyl (C=O) groups excluding carboxylic acids is 1. The summed E-state index contributed by atoms with van der Waals surface area (Å²) in [6, 6.07) is 10.2. The van der Waals surface area contributed by atoms with Gasteiger partial charge in [-0.3, -0.25) is 4.90 Å². The van der Waals surface area contributed by atoms with Gasteiger partial charge in [-0.2, -0.15) is 13.2 Å². The highest BCUT2D eigenvalue weighted by atomic mass is 32.2. The summed E-state index contributed by atoms with van der Waals surface area (Å²) in [5, 5.41) is 0. The number of aryl methyl sites for hydroxylation is 1. The molecule has 0 bridgehead atoms. The fourth-order valence-electron chi connectivity index (χ4n) is 5.07. The van der Waals surface area contributed by atoms with Crippen LogP contribution in [0.15, 0.2) is 53.4 Å². The molecule has 1 unspecified atom stereocenters. The van der Waals surface area contributed by atoms with Crippen LogP contribution in [0.1, 0.15) is 60.6 Å². The summed E-state index contributed by atoms with van der Waals surface area (Å²) in [5.41, 5.74) is 1.57. The highest BCUT2D eigenvalue weighted by Gasteiger charge is 2.41. The van der Waals surface area contributed by atoms with Gasteiger partial charge in [-0.25, -0.2) is 17.6 Å². The summed E-state index contributed by atoms with van der Waals surface area (Å²) < 4.78 is 91.0. The molecule has 41 heavy (non-hydrogen) atoms. The third kappa shape index (κ3) is 6.19. The van der Waals surface area contributed by atoms with Crippen LogP contribution >= 0.6 is 0 Å². The van der Waals surface area contributed by atoms with Crippen molar-refractivity contribution in [3.63, 3.8) is 0 Å². The number of methoxy groups -OCH3 is 1. The Morgan fingerprint density at radius 1 is 1.05 bits per heavy atom. The molecule has 2 atom stereocenters. The number of benzene rings is 3. The topological polar surface area (TPSA) is 72.9 Å². The Labute approximate surface area is 236 Å². The lowest BCUT2D eigenvalue weighted by Gasteiger charge is -2.24. The molecule has 220 valence electrons. The van der Waals surface area contributed by atoms with E-state index in [9.17, 15) is 30.8 Å². The Kier molecular flexibility index (Phi) is 8.14. The maximum Gasteiger partial charge on any atom is 0.416 e. The molecule has 3 aromatic rings. The van der Waals surface area contributed by atoms with Crippen molar-refractivity contribution in [2.75, 3.05) is 13.4 Å². The third-order valence-corrected chi connectivity index (χ3v) is 8.33. The highest BCUT2D eigenvalue weighted by molar-refractivity contribution is 7.90. The van der Waals surface area contributed by atoms with E-state index in [-0.39, 0.29) is 28.7 Å². The monoisotopic (exact) mass is 593 g/mol. The van der Waals surface area contributed by atoms with E-state index in [0.29, 0.717) is 27.8 Å². The number of halogens is 4. The highest BCUT2D eigenvalue weighted by Crippen LogP contribution is 2.41. The van der Waals surface area contributed by atoms with Gasteiger partial charge in [-0.15, -0.1) is 0 Å². The normalized spacial score (nSPS) is 17.7. The zero-order valence-electron chi connectivity index (χ0n) is 23.5. The Hall–Kier alpha value is -3.60. The van der Waals surface area contributed by atoms with E-state index in [4.69, 9.17) is 9.47 Å². The first-order chi connectivity index (χ1) is 19.0. The van der Waals surface area contributed by atoms with E-state index in [2.05, 4.69) is 0 Å². The Morgan fingerprint density at radius 3 is 2.32 bits per heavy atom. The lowest BCUT2D eigenvalue weighted by molar-refractivity contribution is -0.137. The van der Waals surface area contributed by atoms with Crippen LogP contribution in [0.3, 0.4) is 0 Å². The minimum Gasteiger partial charge on any atom is -0.496 e. The molecular formula is C30H31F4NO5S. The number of amides is 1. The van der Waals surface area contributed by atoms with E-state index >= 15 is 0 Å². The van der Waals surface area contributed by atoms with Crippen molar-refractivity contribution in [2.45, 2.75) is 63.4 Å². The van der Waals surface area contributed by atoms with Gasteiger partial charge in [0, 0.05) is 17.9 Å². The molecule has 0 spiro atoms. The molecule has 4 rings (SSSR count). The van der Waals surface area contributed by atoms with E-state index in [1.807, 2.05) is 13.8 Å². The van der Waals surface area contributed by atoms with Crippen LogP contribution in [-0.4, -0.2) is 38.8 Å². The van der Waals surface area contributed by atoms with Crippen molar-refractivity contribution < 1.29 is 40.2 Å². The molecule has 1 heterocycles. The van der Waals surface area contributed by atoms with Crippen LogP contribution in [0.25, 0.3) is 11.1 Å². The number of nitrogens with zero attached hydrogens (tertiary/aromatic N) is 1. The van der Waals surface area contributed by atoms with Crippen molar-refractivity contribution in [1.82, 2.24) is 4.90 Å². The Bertz CT molecular complexity index is 1600. The lowest BCUT2D eigenvalue weighted by Crippen LogP contribution is -2.31. The largest absolute Gasteiger partial charge is 0.496 e. The van der Waals surface area contributed by atoms with Crippen molar-refractivity contribution in [3.05, 3.63) is 82.2 Å². The van der Waals surface area contributed by atoms with Crippen molar-refractivity contribution in [1.29, 1.82) is 0 Å². The number of cyclic esters (lactones) is 1. The number of rotatable bonds is 7. The summed E-state index contributed by atoms with van der Waals surface area (Å²) in [5.74, 6) is -0.399. The number of hydrogen-bond acceptors (Lipinski definition) is 5. The summed E-state index contributed by atoms with van der Waals surface area (Å²) in [4.78, 5) is 14.4. The molecule has 6 nitrogen and oxygen atoms in total. The fourth-order valence-corrected chi connectivity index (χ4v) is 5.74. The molecule has 0 radical (unpaired) electrons. The molecule has 1 amide bonds. The zero-order valence-corrected chi connectivity index (χ0v) is 24.3. The van der Waals surface area contributed by atoms with Crippen LogP contribution in [0.4, 0.5) is 22.4 Å². The van der Waals surface area contributed by atoms with Crippen LogP contribution in [-0.2, 0) is 27.3 Å². The van der Waals surface area contributed by atoms with Gasteiger partial charge >= 0.3 is 12.3 Å². The van der Waals surface area contributed by atoms with Gasteiger partial charge in [0.15, 0.2) is 9.84 Å².